The Morgan fingerprint density at radius 3 is 2.57 bits per heavy atom. The van der Waals surface area contributed by atoms with Crippen molar-refractivity contribution in [2.24, 2.45) is 4.99 Å². The minimum atomic E-state index is -0.844. The maximum atomic E-state index is 12.8. The molecule has 4 aromatic rings. The molecule has 0 aliphatic carbocycles. The van der Waals surface area contributed by atoms with Gasteiger partial charge in [-0.15, -0.1) is 10.2 Å². The van der Waals surface area contributed by atoms with Crippen molar-refractivity contribution in [2.75, 3.05) is 7.11 Å². The van der Waals surface area contributed by atoms with Crippen LogP contribution in [0.15, 0.2) is 77.8 Å². The van der Waals surface area contributed by atoms with Crippen LogP contribution in [0, 0.1) is 6.92 Å². The van der Waals surface area contributed by atoms with Crippen molar-refractivity contribution in [3.8, 4) is 11.4 Å². The molecule has 0 radical (unpaired) electrons. The van der Waals surface area contributed by atoms with E-state index in [9.17, 15) is 4.79 Å². The number of methoxy groups -OCH3 is 1. The lowest BCUT2D eigenvalue weighted by Gasteiger charge is -2.14. The summed E-state index contributed by atoms with van der Waals surface area (Å²) in [7, 11) is 1.61. The van der Waals surface area contributed by atoms with E-state index in [0.717, 1.165) is 22.4 Å². The highest BCUT2D eigenvalue weighted by atomic mass is 35.5. The Bertz CT molecular complexity index is 1400. The van der Waals surface area contributed by atoms with Crippen molar-refractivity contribution >= 4 is 23.4 Å². The standard InChI is InChI=1S/C26H22ClN5O3/c1-16-30-31-25-24(29-26(33)35-15-17-6-4-3-5-7-17)28-23(18-8-10-19(27)11-9-18)21-14-20(34-2)12-13-22(21)32(16)25/h3-14,24H,15H2,1-2H3,(H,29,33)/t24-/m1/s1. The quantitative estimate of drug-likeness (QED) is 0.427. The first kappa shape index (κ1) is 22.6. The fraction of sp³-hybridized carbons (Fsp3) is 0.154. The highest BCUT2D eigenvalue weighted by molar-refractivity contribution is 6.30. The number of rotatable bonds is 5. The lowest BCUT2D eigenvalue weighted by molar-refractivity contribution is 0.135. The smallest absolute Gasteiger partial charge is 0.409 e. The molecule has 0 unspecified atom stereocenters. The molecular formula is C26H22ClN5O3. The Hall–Kier alpha value is -4.17. The second-order valence-corrected chi connectivity index (χ2v) is 8.35. The fourth-order valence-electron chi connectivity index (χ4n) is 3.95. The molecule has 3 aromatic carbocycles. The number of carbonyl (C=O) groups excluding carboxylic acids is 1. The molecule has 9 heteroatoms. The van der Waals surface area contributed by atoms with Gasteiger partial charge in [0.2, 0.25) is 0 Å². The van der Waals surface area contributed by atoms with Gasteiger partial charge in [0.15, 0.2) is 12.0 Å². The highest BCUT2D eigenvalue weighted by Gasteiger charge is 2.30. The molecule has 1 aromatic heterocycles. The molecule has 35 heavy (non-hydrogen) atoms. The van der Waals surface area contributed by atoms with Gasteiger partial charge in [-0.1, -0.05) is 54.1 Å². The molecule has 0 bridgehead atoms. The van der Waals surface area contributed by atoms with Crippen molar-refractivity contribution in [1.29, 1.82) is 0 Å². The monoisotopic (exact) mass is 487 g/mol. The molecule has 5 rings (SSSR count). The summed E-state index contributed by atoms with van der Waals surface area (Å²) in [5.74, 6) is 1.80. The first-order valence-corrected chi connectivity index (χ1v) is 11.3. The Kier molecular flexibility index (Phi) is 6.20. The largest absolute Gasteiger partial charge is 0.497 e. The number of hydrogen-bond donors (Lipinski definition) is 1. The van der Waals surface area contributed by atoms with Gasteiger partial charge < -0.3 is 9.47 Å². The fourth-order valence-corrected chi connectivity index (χ4v) is 4.07. The van der Waals surface area contributed by atoms with Gasteiger partial charge >= 0.3 is 6.09 Å². The average molecular weight is 488 g/mol. The van der Waals surface area contributed by atoms with E-state index in [0.29, 0.717) is 28.1 Å². The zero-order valence-electron chi connectivity index (χ0n) is 19.1. The number of aromatic nitrogens is 3. The van der Waals surface area contributed by atoms with Crippen molar-refractivity contribution in [3.63, 3.8) is 0 Å². The third kappa shape index (κ3) is 4.61. The SMILES string of the molecule is COc1ccc2c(c1)C(c1ccc(Cl)cc1)=N[C@H](NC(=O)OCc1ccccc1)c1nnc(C)n1-2. The lowest BCUT2D eigenvalue weighted by Crippen LogP contribution is -2.30. The number of aryl methyl sites for hydroxylation is 1. The van der Waals surface area contributed by atoms with Crippen LogP contribution in [0.5, 0.6) is 5.75 Å². The van der Waals surface area contributed by atoms with Crippen molar-refractivity contribution < 1.29 is 14.3 Å². The van der Waals surface area contributed by atoms with E-state index in [1.165, 1.54) is 0 Å². The molecule has 176 valence electrons. The lowest BCUT2D eigenvalue weighted by atomic mass is 10.00. The van der Waals surface area contributed by atoms with Crippen LogP contribution < -0.4 is 10.1 Å². The van der Waals surface area contributed by atoms with Gasteiger partial charge in [-0.2, -0.15) is 0 Å². The zero-order chi connectivity index (χ0) is 24.4. The zero-order valence-corrected chi connectivity index (χ0v) is 19.9. The summed E-state index contributed by atoms with van der Waals surface area (Å²) in [5.41, 5.74) is 3.97. The number of halogens is 1. The molecule has 0 spiro atoms. The number of nitrogens with zero attached hydrogens (tertiary/aromatic N) is 4. The first-order chi connectivity index (χ1) is 17.0. The van der Waals surface area contributed by atoms with E-state index in [-0.39, 0.29) is 6.61 Å². The number of hydrogen-bond acceptors (Lipinski definition) is 6. The van der Waals surface area contributed by atoms with Crippen LogP contribution in [-0.4, -0.2) is 33.7 Å². The average Bonchev–Trinajstić information content (AvgIpc) is 3.21. The maximum Gasteiger partial charge on any atom is 0.409 e. The third-order valence-electron chi connectivity index (χ3n) is 5.64. The molecule has 1 N–H and O–H groups in total. The third-order valence-corrected chi connectivity index (χ3v) is 5.89. The number of amides is 1. The van der Waals surface area contributed by atoms with Crippen LogP contribution in [0.2, 0.25) is 5.02 Å². The summed E-state index contributed by atoms with van der Waals surface area (Å²) in [6, 6.07) is 22.5. The summed E-state index contributed by atoms with van der Waals surface area (Å²) >= 11 is 6.13. The molecular weight excluding hydrogens is 466 g/mol. The van der Waals surface area contributed by atoms with Crippen LogP contribution in [0.1, 0.15) is 34.5 Å². The second-order valence-electron chi connectivity index (χ2n) is 7.92. The van der Waals surface area contributed by atoms with E-state index in [4.69, 9.17) is 26.1 Å². The topological polar surface area (TPSA) is 90.6 Å². The molecule has 1 atom stereocenters. The summed E-state index contributed by atoms with van der Waals surface area (Å²) in [6.07, 6.45) is -1.46. The normalized spacial score (nSPS) is 14.3. The maximum absolute atomic E-state index is 12.8. The van der Waals surface area contributed by atoms with Crippen molar-refractivity contribution in [2.45, 2.75) is 19.7 Å². The van der Waals surface area contributed by atoms with Gasteiger partial charge in [0.25, 0.3) is 0 Å². The second kappa shape index (κ2) is 9.60. The van der Waals surface area contributed by atoms with Crippen molar-refractivity contribution in [1.82, 2.24) is 20.1 Å². The number of aliphatic imine (C=N–C) groups is 1. The summed E-state index contributed by atoms with van der Waals surface area (Å²) in [5, 5.41) is 12.0. The van der Waals surface area contributed by atoms with E-state index >= 15 is 0 Å². The Morgan fingerprint density at radius 1 is 1.06 bits per heavy atom. The minimum absolute atomic E-state index is 0.135. The van der Waals surface area contributed by atoms with E-state index < -0.39 is 12.3 Å². The molecule has 1 amide bonds. The summed E-state index contributed by atoms with van der Waals surface area (Å²) < 4.78 is 12.8. The number of nitrogens with one attached hydrogen (secondary N) is 1. The number of fused-ring (bicyclic) bond motifs is 3. The molecule has 0 saturated heterocycles. The van der Waals surface area contributed by atoms with Crippen LogP contribution in [0.25, 0.3) is 5.69 Å². The van der Waals surface area contributed by atoms with E-state index in [1.807, 2.05) is 72.2 Å². The van der Waals surface area contributed by atoms with E-state index in [1.54, 1.807) is 19.2 Å². The van der Waals surface area contributed by atoms with Gasteiger partial charge in [-0.25, -0.2) is 4.79 Å². The van der Waals surface area contributed by atoms with Gasteiger partial charge in [-0.3, -0.25) is 14.9 Å². The van der Waals surface area contributed by atoms with E-state index in [2.05, 4.69) is 15.5 Å². The Morgan fingerprint density at radius 2 is 1.83 bits per heavy atom. The summed E-state index contributed by atoms with van der Waals surface area (Å²) in [6.45, 7) is 1.98. The van der Waals surface area contributed by atoms with Gasteiger partial charge in [0.05, 0.1) is 18.5 Å². The van der Waals surface area contributed by atoms with Gasteiger partial charge in [0, 0.05) is 16.1 Å². The first-order valence-electron chi connectivity index (χ1n) is 10.9. The molecule has 1 aliphatic heterocycles. The van der Waals surface area contributed by atoms with Crippen LogP contribution in [0.4, 0.5) is 4.79 Å². The molecule has 8 nitrogen and oxygen atoms in total. The number of benzene rings is 3. The van der Waals surface area contributed by atoms with Crippen molar-refractivity contribution in [3.05, 3.63) is 106 Å². The Balaban J connectivity index is 1.57. The minimum Gasteiger partial charge on any atom is -0.497 e. The molecule has 0 saturated carbocycles. The molecule has 0 fully saturated rings. The number of alkyl carbamates (subject to hydrolysis) is 1. The van der Waals surface area contributed by atoms with Crippen LogP contribution in [-0.2, 0) is 11.3 Å². The molecule has 2 heterocycles. The summed E-state index contributed by atoms with van der Waals surface area (Å²) in [4.78, 5) is 17.7. The highest BCUT2D eigenvalue weighted by Crippen LogP contribution is 2.32. The van der Waals surface area contributed by atoms with Gasteiger partial charge in [0.1, 0.15) is 18.2 Å². The predicted octanol–water partition coefficient (Wildman–Crippen LogP) is 5.01. The number of carbonyl (C=O) groups is 1. The Labute approximate surface area is 207 Å². The number of ether oxygens (including phenoxy) is 2. The van der Waals surface area contributed by atoms with Gasteiger partial charge in [-0.05, 0) is 42.8 Å². The van der Waals surface area contributed by atoms with Crippen LogP contribution >= 0.6 is 11.6 Å². The predicted molar refractivity (Wildman–Crippen MR) is 132 cm³/mol. The van der Waals surface area contributed by atoms with Crippen LogP contribution in [0.3, 0.4) is 0 Å². The molecule has 1 aliphatic rings.